The molecule has 0 aromatic heterocycles. The molecule has 21 heavy (non-hydrogen) atoms. The molecule has 6 heteroatoms. The molecule has 0 unspecified atom stereocenters. The SMILES string of the molecule is CC.C[C@@H]1[C@H](CC(=O)O)Cc2ccccc2N1S(C)(=O)=O. The van der Waals surface area contributed by atoms with Crippen molar-refractivity contribution >= 4 is 21.7 Å². The average Bonchev–Trinajstić information content (AvgIpc) is 2.40. The molecule has 118 valence electrons. The number of anilines is 1. The van der Waals surface area contributed by atoms with E-state index in [0.29, 0.717) is 12.1 Å². The number of carbonyl (C=O) groups is 1. The van der Waals surface area contributed by atoms with E-state index in [4.69, 9.17) is 5.11 Å². The van der Waals surface area contributed by atoms with Crippen molar-refractivity contribution in [3.05, 3.63) is 29.8 Å². The molecule has 1 aromatic rings. The number of hydrogen-bond acceptors (Lipinski definition) is 3. The maximum absolute atomic E-state index is 12.0. The Hall–Kier alpha value is -1.56. The monoisotopic (exact) mass is 313 g/mol. The highest BCUT2D eigenvalue weighted by molar-refractivity contribution is 7.92. The van der Waals surface area contributed by atoms with Crippen LogP contribution in [0.15, 0.2) is 24.3 Å². The van der Waals surface area contributed by atoms with Crippen molar-refractivity contribution in [1.82, 2.24) is 0 Å². The fourth-order valence-corrected chi connectivity index (χ4v) is 4.02. The van der Waals surface area contributed by atoms with Crippen LogP contribution in [0.1, 0.15) is 32.8 Å². The Morgan fingerprint density at radius 2 is 1.90 bits per heavy atom. The fourth-order valence-electron chi connectivity index (χ4n) is 2.71. The predicted octanol–water partition coefficient (Wildman–Crippen LogP) is 2.51. The Morgan fingerprint density at radius 1 is 1.33 bits per heavy atom. The molecule has 1 heterocycles. The minimum atomic E-state index is -3.42. The second-order valence-electron chi connectivity index (χ2n) is 4.99. The van der Waals surface area contributed by atoms with Gasteiger partial charge in [0.2, 0.25) is 10.0 Å². The van der Waals surface area contributed by atoms with Crippen LogP contribution in [-0.2, 0) is 21.2 Å². The van der Waals surface area contributed by atoms with Gasteiger partial charge >= 0.3 is 5.97 Å². The van der Waals surface area contributed by atoms with Gasteiger partial charge in [0.25, 0.3) is 0 Å². The molecule has 1 aliphatic rings. The number of carboxylic acid groups (broad SMARTS) is 1. The van der Waals surface area contributed by atoms with Crippen LogP contribution < -0.4 is 4.31 Å². The highest BCUT2D eigenvalue weighted by Crippen LogP contribution is 2.36. The summed E-state index contributed by atoms with van der Waals surface area (Å²) in [6.45, 7) is 5.77. The molecule has 0 spiro atoms. The van der Waals surface area contributed by atoms with Crippen molar-refractivity contribution < 1.29 is 18.3 Å². The third-order valence-electron chi connectivity index (χ3n) is 3.56. The van der Waals surface area contributed by atoms with Crippen molar-refractivity contribution in [3.63, 3.8) is 0 Å². The highest BCUT2D eigenvalue weighted by Gasteiger charge is 2.36. The van der Waals surface area contributed by atoms with Crippen molar-refractivity contribution in [2.24, 2.45) is 5.92 Å². The van der Waals surface area contributed by atoms with E-state index < -0.39 is 16.0 Å². The molecule has 1 aliphatic heterocycles. The Balaban J connectivity index is 0.00000106. The van der Waals surface area contributed by atoms with Crippen LogP contribution in [0.25, 0.3) is 0 Å². The van der Waals surface area contributed by atoms with Crippen molar-refractivity contribution in [2.75, 3.05) is 10.6 Å². The average molecular weight is 313 g/mol. The zero-order valence-electron chi connectivity index (χ0n) is 12.9. The summed E-state index contributed by atoms with van der Waals surface area (Å²) in [5.41, 5.74) is 1.55. The van der Waals surface area contributed by atoms with Gasteiger partial charge in [-0.1, -0.05) is 32.0 Å². The number of nitrogens with zero attached hydrogens (tertiary/aromatic N) is 1. The molecule has 0 saturated carbocycles. The first-order chi connectivity index (χ1) is 9.80. The number of fused-ring (bicyclic) bond motifs is 1. The second kappa shape index (κ2) is 6.93. The number of aliphatic carboxylic acids is 1. The zero-order valence-corrected chi connectivity index (χ0v) is 13.7. The molecule has 2 rings (SSSR count). The van der Waals surface area contributed by atoms with Gasteiger partial charge in [0.15, 0.2) is 0 Å². The molecule has 0 amide bonds. The van der Waals surface area contributed by atoms with Gasteiger partial charge in [-0.15, -0.1) is 0 Å². The lowest BCUT2D eigenvalue weighted by atomic mass is 9.86. The molecule has 2 atom stereocenters. The molecule has 5 nitrogen and oxygen atoms in total. The van der Waals surface area contributed by atoms with E-state index in [2.05, 4.69) is 0 Å². The summed E-state index contributed by atoms with van der Waals surface area (Å²) in [6, 6.07) is 6.91. The first-order valence-electron chi connectivity index (χ1n) is 7.10. The third-order valence-corrected chi connectivity index (χ3v) is 4.80. The quantitative estimate of drug-likeness (QED) is 0.930. The van der Waals surface area contributed by atoms with Crippen LogP contribution in [0.4, 0.5) is 5.69 Å². The van der Waals surface area contributed by atoms with Crippen LogP contribution >= 0.6 is 0 Å². The first kappa shape index (κ1) is 17.5. The lowest BCUT2D eigenvalue weighted by Crippen LogP contribution is -2.47. The Labute approximate surface area is 126 Å². The molecule has 1 N–H and O–H groups in total. The third kappa shape index (κ3) is 3.97. The molecule has 0 saturated heterocycles. The fraction of sp³-hybridized carbons (Fsp3) is 0.533. The number of hydrogen-bond donors (Lipinski definition) is 1. The molecule has 0 fully saturated rings. The van der Waals surface area contributed by atoms with E-state index in [9.17, 15) is 13.2 Å². The standard InChI is InChI=1S/C13H17NO4S.C2H6/c1-9-11(8-13(15)16)7-10-5-3-4-6-12(10)14(9)19(2,17)18;1-2/h3-6,9,11H,7-8H2,1-2H3,(H,15,16);1-2H3/t9-,11+;/m1./s1. The van der Waals surface area contributed by atoms with Crippen LogP contribution in [0, 0.1) is 5.92 Å². The summed E-state index contributed by atoms with van der Waals surface area (Å²) in [6.07, 6.45) is 1.72. The summed E-state index contributed by atoms with van der Waals surface area (Å²) < 4.78 is 25.3. The van der Waals surface area contributed by atoms with Crippen molar-refractivity contribution in [1.29, 1.82) is 0 Å². The minimum absolute atomic E-state index is 0.0263. The van der Waals surface area contributed by atoms with Crippen LogP contribution in [0.3, 0.4) is 0 Å². The highest BCUT2D eigenvalue weighted by atomic mass is 32.2. The summed E-state index contributed by atoms with van der Waals surface area (Å²) in [5.74, 6) is -1.10. The van der Waals surface area contributed by atoms with Gasteiger partial charge in [-0.25, -0.2) is 8.42 Å². The van der Waals surface area contributed by atoms with E-state index in [-0.39, 0.29) is 18.4 Å². The van der Waals surface area contributed by atoms with Crippen LogP contribution in [-0.4, -0.2) is 31.8 Å². The Kier molecular flexibility index (Phi) is 5.78. The van der Waals surface area contributed by atoms with Gasteiger partial charge in [0.1, 0.15) is 0 Å². The molecule has 0 radical (unpaired) electrons. The predicted molar refractivity (Wildman–Crippen MR) is 84.0 cm³/mol. The van der Waals surface area contributed by atoms with Crippen molar-refractivity contribution in [3.8, 4) is 0 Å². The summed E-state index contributed by atoms with van der Waals surface area (Å²) >= 11 is 0. The van der Waals surface area contributed by atoms with Gasteiger partial charge < -0.3 is 5.11 Å². The van der Waals surface area contributed by atoms with Crippen molar-refractivity contribution in [2.45, 2.75) is 39.7 Å². The van der Waals surface area contributed by atoms with Gasteiger partial charge in [0.05, 0.1) is 18.4 Å². The Bertz CT molecular complexity index is 597. The second-order valence-corrected chi connectivity index (χ2v) is 6.85. The van der Waals surface area contributed by atoms with Gasteiger partial charge in [-0.2, -0.15) is 0 Å². The van der Waals surface area contributed by atoms with Crippen LogP contribution in [0.2, 0.25) is 0 Å². The largest absolute Gasteiger partial charge is 0.481 e. The maximum Gasteiger partial charge on any atom is 0.303 e. The van der Waals surface area contributed by atoms with E-state index in [1.807, 2.05) is 26.0 Å². The molecule has 0 aliphatic carbocycles. The zero-order chi connectivity index (χ0) is 16.2. The van der Waals surface area contributed by atoms with E-state index >= 15 is 0 Å². The van der Waals surface area contributed by atoms with Gasteiger partial charge in [-0.05, 0) is 30.9 Å². The number of benzene rings is 1. The summed E-state index contributed by atoms with van der Waals surface area (Å²) in [7, 11) is -3.42. The van der Waals surface area contributed by atoms with E-state index in [0.717, 1.165) is 11.8 Å². The number of rotatable bonds is 3. The molecular formula is C15H23NO4S. The summed E-state index contributed by atoms with van der Waals surface area (Å²) in [5, 5.41) is 8.95. The Morgan fingerprint density at radius 3 is 2.43 bits per heavy atom. The van der Waals surface area contributed by atoms with Gasteiger partial charge in [0, 0.05) is 6.04 Å². The van der Waals surface area contributed by atoms with Crippen LogP contribution in [0.5, 0.6) is 0 Å². The topological polar surface area (TPSA) is 74.7 Å². The normalized spacial score (nSPS) is 21.0. The molecule has 1 aromatic carbocycles. The molecule has 0 bridgehead atoms. The smallest absolute Gasteiger partial charge is 0.303 e. The summed E-state index contributed by atoms with van der Waals surface area (Å²) in [4.78, 5) is 10.9. The number of sulfonamides is 1. The minimum Gasteiger partial charge on any atom is -0.481 e. The molecular weight excluding hydrogens is 290 g/mol. The van der Waals surface area contributed by atoms with E-state index in [1.165, 1.54) is 4.31 Å². The van der Waals surface area contributed by atoms with Gasteiger partial charge in [-0.3, -0.25) is 9.10 Å². The van der Waals surface area contributed by atoms with E-state index in [1.54, 1.807) is 19.1 Å². The first-order valence-corrected chi connectivity index (χ1v) is 8.94. The maximum atomic E-state index is 12.0. The lowest BCUT2D eigenvalue weighted by Gasteiger charge is -2.39. The number of carboxylic acids is 1. The number of para-hydroxylation sites is 1. The lowest BCUT2D eigenvalue weighted by molar-refractivity contribution is -0.138.